The van der Waals surface area contributed by atoms with E-state index < -0.39 is 0 Å². The first-order chi connectivity index (χ1) is 3.79. The molecular formula is C8H13Cl. The molecule has 1 aliphatic rings. The molecule has 0 saturated carbocycles. The fourth-order valence-corrected chi connectivity index (χ4v) is 0.846. The van der Waals surface area contributed by atoms with Gasteiger partial charge in [0.2, 0.25) is 0 Å². The van der Waals surface area contributed by atoms with Gasteiger partial charge in [-0.15, -0.1) is 12.4 Å². The molecule has 52 valence electrons. The van der Waals surface area contributed by atoms with Crippen LogP contribution in [0.5, 0.6) is 0 Å². The molecule has 1 heteroatoms. The van der Waals surface area contributed by atoms with E-state index in [0.717, 1.165) is 0 Å². The highest BCUT2D eigenvalue weighted by molar-refractivity contribution is 5.85. The minimum absolute atomic E-state index is 0. The van der Waals surface area contributed by atoms with Crippen molar-refractivity contribution in [2.24, 2.45) is 0 Å². The molecule has 0 heterocycles. The van der Waals surface area contributed by atoms with E-state index in [2.05, 4.69) is 26.0 Å². The van der Waals surface area contributed by atoms with Gasteiger partial charge in [0, 0.05) is 0 Å². The Morgan fingerprint density at radius 3 is 1.56 bits per heavy atom. The summed E-state index contributed by atoms with van der Waals surface area (Å²) in [6, 6.07) is 0. The van der Waals surface area contributed by atoms with Crippen LogP contribution in [0, 0.1) is 0 Å². The van der Waals surface area contributed by atoms with E-state index in [4.69, 9.17) is 0 Å². The van der Waals surface area contributed by atoms with Crippen LogP contribution in [-0.2, 0) is 0 Å². The van der Waals surface area contributed by atoms with E-state index in [1.54, 1.807) is 0 Å². The zero-order valence-electron chi connectivity index (χ0n) is 5.98. The molecule has 0 N–H and O–H groups in total. The van der Waals surface area contributed by atoms with Crippen LogP contribution in [0.15, 0.2) is 23.3 Å². The number of allylic oxidation sites excluding steroid dienone is 4. The minimum atomic E-state index is 0. The Labute approximate surface area is 63.1 Å². The maximum atomic E-state index is 2.21. The van der Waals surface area contributed by atoms with Crippen LogP contribution in [0.1, 0.15) is 26.7 Å². The van der Waals surface area contributed by atoms with Crippen LogP contribution in [0.3, 0.4) is 0 Å². The highest BCUT2D eigenvalue weighted by Gasteiger charge is 1.95. The van der Waals surface area contributed by atoms with E-state index in [9.17, 15) is 0 Å². The summed E-state index contributed by atoms with van der Waals surface area (Å²) in [6.45, 7) is 4.37. The largest absolute Gasteiger partial charge is 0.147 e. The normalized spacial score (nSPS) is 17.6. The summed E-state index contributed by atoms with van der Waals surface area (Å²) in [5, 5.41) is 0. The van der Waals surface area contributed by atoms with Gasteiger partial charge in [0.15, 0.2) is 0 Å². The van der Waals surface area contributed by atoms with E-state index in [-0.39, 0.29) is 12.4 Å². The summed E-state index contributed by atoms with van der Waals surface area (Å²) in [6.07, 6.45) is 6.95. The zero-order valence-corrected chi connectivity index (χ0v) is 6.79. The van der Waals surface area contributed by atoms with Gasteiger partial charge in [-0.05, 0) is 26.7 Å². The van der Waals surface area contributed by atoms with Crippen molar-refractivity contribution in [1.29, 1.82) is 0 Å². The molecule has 0 nitrogen and oxygen atoms in total. The summed E-state index contributed by atoms with van der Waals surface area (Å²) in [7, 11) is 0. The molecule has 1 aliphatic carbocycles. The van der Waals surface area contributed by atoms with Crippen molar-refractivity contribution in [2.75, 3.05) is 0 Å². The fourth-order valence-electron chi connectivity index (χ4n) is 0.846. The van der Waals surface area contributed by atoms with E-state index in [1.165, 1.54) is 24.0 Å². The van der Waals surface area contributed by atoms with Crippen molar-refractivity contribution in [1.82, 2.24) is 0 Å². The molecule has 0 aromatic carbocycles. The van der Waals surface area contributed by atoms with E-state index in [0.29, 0.717) is 0 Å². The minimum Gasteiger partial charge on any atom is -0.147 e. The Kier molecular flexibility index (Phi) is 3.64. The van der Waals surface area contributed by atoms with Crippen molar-refractivity contribution in [3.8, 4) is 0 Å². The van der Waals surface area contributed by atoms with E-state index >= 15 is 0 Å². The predicted molar refractivity (Wildman–Crippen MR) is 44.0 cm³/mol. The monoisotopic (exact) mass is 144 g/mol. The van der Waals surface area contributed by atoms with Crippen LogP contribution in [-0.4, -0.2) is 0 Å². The molecule has 0 saturated heterocycles. The quantitative estimate of drug-likeness (QED) is 0.490. The Morgan fingerprint density at radius 2 is 1.33 bits per heavy atom. The topological polar surface area (TPSA) is 0 Å². The van der Waals surface area contributed by atoms with Gasteiger partial charge in [-0.2, -0.15) is 0 Å². The molecule has 0 aromatic heterocycles. The van der Waals surface area contributed by atoms with Gasteiger partial charge in [0.05, 0.1) is 0 Å². The maximum absolute atomic E-state index is 2.21. The zero-order chi connectivity index (χ0) is 5.98. The number of halogens is 1. The molecule has 0 amide bonds. The van der Waals surface area contributed by atoms with Gasteiger partial charge in [-0.3, -0.25) is 0 Å². The lowest BCUT2D eigenvalue weighted by molar-refractivity contribution is 0.906. The first kappa shape index (κ1) is 8.77. The standard InChI is InChI=1S/C8H12.ClH/c1-7-3-5-8(2)6-4-7;/h3,5H,4,6H2,1-2H3;1H. The highest BCUT2D eigenvalue weighted by atomic mass is 35.5. The molecule has 1 rings (SSSR count). The summed E-state index contributed by atoms with van der Waals surface area (Å²) in [4.78, 5) is 0. The Balaban J connectivity index is 0.000000640. The van der Waals surface area contributed by atoms with Gasteiger partial charge < -0.3 is 0 Å². The number of hydrogen-bond acceptors (Lipinski definition) is 0. The van der Waals surface area contributed by atoms with Crippen LogP contribution in [0.4, 0.5) is 0 Å². The molecule has 0 unspecified atom stereocenters. The second-order valence-electron chi connectivity index (χ2n) is 2.53. The molecule has 9 heavy (non-hydrogen) atoms. The smallest absolute Gasteiger partial charge is 0.0283 e. The van der Waals surface area contributed by atoms with Crippen molar-refractivity contribution < 1.29 is 0 Å². The van der Waals surface area contributed by atoms with E-state index in [1.807, 2.05) is 0 Å². The molecular weight excluding hydrogens is 132 g/mol. The average molecular weight is 145 g/mol. The third-order valence-electron chi connectivity index (χ3n) is 1.57. The predicted octanol–water partition coefficient (Wildman–Crippen LogP) is 3.09. The third-order valence-corrected chi connectivity index (χ3v) is 1.57. The fraction of sp³-hybridized carbons (Fsp3) is 0.500. The van der Waals surface area contributed by atoms with Gasteiger partial charge in [0.25, 0.3) is 0 Å². The van der Waals surface area contributed by atoms with Crippen molar-refractivity contribution in [2.45, 2.75) is 26.7 Å². The van der Waals surface area contributed by atoms with Crippen LogP contribution in [0.25, 0.3) is 0 Å². The summed E-state index contributed by atoms with van der Waals surface area (Å²) < 4.78 is 0. The second kappa shape index (κ2) is 3.73. The molecule has 0 radical (unpaired) electrons. The lowest BCUT2D eigenvalue weighted by Crippen LogP contribution is -1.85. The Morgan fingerprint density at radius 1 is 1.00 bits per heavy atom. The first-order valence-electron chi connectivity index (χ1n) is 3.12. The average Bonchev–Trinajstić information content (AvgIpc) is 1.77. The van der Waals surface area contributed by atoms with Gasteiger partial charge >= 0.3 is 0 Å². The Bertz CT molecular complexity index is 125. The summed E-state index contributed by atoms with van der Waals surface area (Å²) >= 11 is 0. The highest BCUT2D eigenvalue weighted by Crippen LogP contribution is 2.15. The SMILES string of the molecule is CC1=CC=C(C)CC1.Cl. The van der Waals surface area contributed by atoms with Gasteiger partial charge in [0.1, 0.15) is 0 Å². The lowest BCUT2D eigenvalue weighted by atomic mass is 10.0. The molecule has 0 atom stereocenters. The van der Waals surface area contributed by atoms with Crippen LogP contribution >= 0.6 is 12.4 Å². The van der Waals surface area contributed by atoms with Gasteiger partial charge in [-0.25, -0.2) is 0 Å². The van der Waals surface area contributed by atoms with Crippen molar-refractivity contribution in [3.63, 3.8) is 0 Å². The van der Waals surface area contributed by atoms with Crippen molar-refractivity contribution in [3.05, 3.63) is 23.3 Å². The second-order valence-corrected chi connectivity index (χ2v) is 2.53. The van der Waals surface area contributed by atoms with Crippen molar-refractivity contribution >= 4 is 12.4 Å². The lowest BCUT2D eigenvalue weighted by Gasteiger charge is -2.05. The first-order valence-corrected chi connectivity index (χ1v) is 3.12. The summed E-state index contributed by atoms with van der Waals surface area (Å²) in [5.41, 5.74) is 3.02. The number of rotatable bonds is 0. The molecule has 0 aliphatic heterocycles. The third kappa shape index (κ3) is 2.71. The van der Waals surface area contributed by atoms with Crippen LogP contribution < -0.4 is 0 Å². The maximum Gasteiger partial charge on any atom is -0.0283 e. The molecule has 0 bridgehead atoms. The number of hydrogen-bond donors (Lipinski definition) is 0. The molecule has 0 aromatic rings. The Hall–Kier alpha value is -0.230. The molecule has 0 spiro atoms. The van der Waals surface area contributed by atoms with Gasteiger partial charge in [-0.1, -0.05) is 23.3 Å². The summed E-state index contributed by atoms with van der Waals surface area (Å²) in [5.74, 6) is 0. The molecule has 0 fully saturated rings. The van der Waals surface area contributed by atoms with Crippen LogP contribution in [0.2, 0.25) is 0 Å².